The summed E-state index contributed by atoms with van der Waals surface area (Å²) >= 11 is 0. The molecule has 0 N–H and O–H groups in total. The van der Waals surface area contributed by atoms with Crippen LogP contribution in [0.3, 0.4) is 0 Å². The minimum Gasteiger partial charge on any atom is -0.467 e. The highest BCUT2D eigenvalue weighted by molar-refractivity contribution is 5.97. The molecule has 2 aromatic carbocycles. The van der Waals surface area contributed by atoms with Gasteiger partial charge in [-0.2, -0.15) is 0 Å². The maximum absolute atomic E-state index is 13.5. The molecule has 2 amide bonds. The van der Waals surface area contributed by atoms with Crippen LogP contribution < -0.4 is 0 Å². The summed E-state index contributed by atoms with van der Waals surface area (Å²) in [5.41, 5.74) is 0.920. The highest BCUT2D eigenvalue weighted by Crippen LogP contribution is 2.23. The molecule has 35 heavy (non-hydrogen) atoms. The van der Waals surface area contributed by atoms with Crippen molar-refractivity contribution >= 4 is 17.5 Å². The van der Waals surface area contributed by atoms with Gasteiger partial charge in [0.1, 0.15) is 12.3 Å². The van der Waals surface area contributed by atoms with Crippen LogP contribution >= 0.6 is 0 Å². The molecule has 0 unspecified atom stereocenters. The number of amides is 2. The topological polar surface area (TPSA) is 96.9 Å². The van der Waals surface area contributed by atoms with Crippen molar-refractivity contribution in [2.75, 3.05) is 13.1 Å². The van der Waals surface area contributed by atoms with Gasteiger partial charge in [0.2, 0.25) is 5.91 Å². The molecule has 1 heterocycles. The van der Waals surface area contributed by atoms with Gasteiger partial charge in [-0.1, -0.05) is 36.4 Å². The Morgan fingerprint density at radius 3 is 2.34 bits per heavy atom. The second-order valence-electron chi connectivity index (χ2n) is 9.45. The number of aryl methyl sites for hydroxylation is 1. The van der Waals surface area contributed by atoms with Gasteiger partial charge in [-0.25, -0.2) is 0 Å². The summed E-state index contributed by atoms with van der Waals surface area (Å²) in [7, 11) is 0. The van der Waals surface area contributed by atoms with E-state index in [9.17, 15) is 19.7 Å². The first-order valence-electron chi connectivity index (χ1n) is 11.5. The molecule has 184 valence electrons. The third kappa shape index (κ3) is 6.79. The maximum atomic E-state index is 13.5. The molecule has 0 saturated carbocycles. The van der Waals surface area contributed by atoms with Crippen molar-refractivity contribution in [1.29, 1.82) is 0 Å². The SMILES string of the molecule is Cc1ccc(C(=O)N(CC(=O)N(CCc2ccccc2)Cc2ccco2)C(C)(C)C)cc1[N+](=O)[O-]. The first-order valence-corrected chi connectivity index (χ1v) is 11.5. The van der Waals surface area contributed by atoms with E-state index in [2.05, 4.69) is 0 Å². The highest BCUT2D eigenvalue weighted by atomic mass is 16.6. The summed E-state index contributed by atoms with van der Waals surface area (Å²) in [4.78, 5) is 41.0. The Balaban J connectivity index is 1.84. The fourth-order valence-electron chi connectivity index (χ4n) is 3.74. The van der Waals surface area contributed by atoms with E-state index in [0.717, 1.165) is 5.56 Å². The average molecular weight is 478 g/mol. The molecule has 0 spiro atoms. The van der Waals surface area contributed by atoms with E-state index in [0.29, 0.717) is 24.3 Å². The molecule has 0 aliphatic carbocycles. The predicted octanol–water partition coefficient (Wildman–Crippen LogP) is 5.01. The third-order valence-corrected chi connectivity index (χ3v) is 5.79. The van der Waals surface area contributed by atoms with E-state index in [1.807, 2.05) is 51.1 Å². The van der Waals surface area contributed by atoms with Crippen LogP contribution in [0.2, 0.25) is 0 Å². The normalized spacial score (nSPS) is 11.2. The van der Waals surface area contributed by atoms with Crippen molar-refractivity contribution in [1.82, 2.24) is 9.80 Å². The zero-order chi connectivity index (χ0) is 25.6. The van der Waals surface area contributed by atoms with Crippen LogP contribution in [0.1, 0.15) is 48.0 Å². The molecule has 8 heteroatoms. The number of hydrogen-bond acceptors (Lipinski definition) is 5. The smallest absolute Gasteiger partial charge is 0.273 e. The number of nitro groups is 1. The minimum atomic E-state index is -0.692. The first-order chi connectivity index (χ1) is 16.6. The number of benzene rings is 2. The summed E-state index contributed by atoms with van der Waals surface area (Å²) < 4.78 is 5.46. The molecular formula is C27H31N3O5. The van der Waals surface area contributed by atoms with Gasteiger partial charge in [0.15, 0.2) is 0 Å². The van der Waals surface area contributed by atoms with Gasteiger partial charge >= 0.3 is 0 Å². The molecule has 3 aromatic rings. The Bertz CT molecular complexity index is 1170. The molecule has 0 bridgehead atoms. The van der Waals surface area contributed by atoms with Crippen LogP contribution in [0.15, 0.2) is 71.3 Å². The Labute approximate surface area is 205 Å². The number of hydrogen-bond donors (Lipinski definition) is 0. The molecule has 0 atom stereocenters. The lowest BCUT2D eigenvalue weighted by atomic mass is 10.0. The van der Waals surface area contributed by atoms with E-state index in [-0.39, 0.29) is 30.2 Å². The molecule has 0 saturated heterocycles. The molecule has 0 radical (unpaired) electrons. The Morgan fingerprint density at radius 1 is 1.03 bits per heavy atom. The van der Waals surface area contributed by atoms with Crippen LogP contribution in [0, 0.1) is 17.0 Å². The van der Waals surface area contributed by atoms with Gasteiger partial charge in [-0.3, -0.25) is 19.7 Å². The molecule has 8 nitrogen and oxygen atoms in total. The number of carbonyl (C=O) groups excluding carboxylic acids is 2. The summed E-state index contributed by atoms with van der Waals surface area (Å²) in [5.74, 6) is -0.0219. The largest absolute Gasteiger partial charge is 0.467 e. The summed E-state index contributed by atoms with van der Waals surface area (Å²) in [6.07, 6.45) is 2.21. The van der Waals surface area contributed by atoms with E-state index < -0.39 is 16.4 Å². The van der Waals surface area contributed by atoms with Crippen molar-refractivity contribution in [2.24, 2.45) is 0 Å². The number of nitro benzene ring substituents is 1. The number of furan rings is 1. The van der Waals surface area contributed by atoms with Gasteiger partial charge in [0.25, 0.3) is 11.6 Å². The first kappa shape index (κ1) is 25.7. The van der Waals surface area contributed by atoms with Crippen LogP contribution in [0.4, 0.5) is 5.69 Å². The van der Waals surface area contributed by atoms with Gasteiger partial charge in [-0.05, 0) is 57.9 Å². The van der Waals surface area contributed by atoms with Crippen LogP contribution in [0.25, 0.3) is 0 Å². The third-order valence-electron chi connectivity index (χ3n) is 5.79. The Kier molecular flexibility index (Phi) is 8.06. The zero-order valence-electron chi connectivity index (χ0n) is 20.6. The number of rotatable bonds is 9. The van der Waals surface area contributed by atoms with E-state index in [1.54, 1.807) is 42.4 Å². The van der Waals surface area contributed by atoms with Gasteiger partial charge in [0.05, 0.1) is 17.7 Å². The molecule has 3 rings (SSSR count). The van der Waals surface area contributed by atoms with Crippen LogP contribution in [0.5, 0.6) is 0 Å². The predicted molar refractivity (Wildman–Crippen MR) is 133 cm³/mol. The summed E-state index contributed by atoms with van der Waals surface area (Å²) in [5, 5.41) is 11.4. The van der Waals surface area contributed by atoms with Crippen molar-refractivity contribution in [3.8, 4) is 0 Å². The number of nitrogens with zero attached hydrogens (tertiary/aromatic N) is 3. The van der Waals surface area contributed by atoms with Crippen molar-refractivity contribution < 1.29 is 18.9 Å². The van der Waals surface area contributed by atoms with E-state index in [4.69, 9.17) is 4.42 Å². The molecular weight excluding hydrogens is 446 g/mol. The average Bonchev–Trinajstić information content (AvgIpc) is 3.33. The summed E-state index contributed by atoms with van der Waals surface area (Å²) in [6, 6.07) is 17.8. The van der Waals surface area contributed by atoms with Crippen molar-refractivity contribution in [3.05, 3.63) is 99.5 Å². The Morgan fingerprint density at radius 2 is 1.74 bits per heavy atom. The van der Waals surface area contributed by atoms with Gasteiger partial charge < -0.3 is 14.2 Å². The lowest BCUT2D eigenvalue weighted by Crippen LogP contribution is -2.51. The van der Waals surface area contributed by atoms with E-state index in [1.165, 1.54) is 11.0 Å². The standard InChI is InChI=1S/C27H31N3O5/c1-20-12-13-22(17-24(20)30(33)34)26(32)29(27(2,3)4)19-25(31)28(18-23-11-8-16-35-23)15-14-21-9-6-5-7-10-21/h5-13,16-17H,14-15,18-19H2,1-4H3. The quantitative estimate of drug-likeness (QED) is 0.319. The second-order valence-corrected chi connectivity index (χ2v) is 9.45. The monoisotopic (exact) mass is 477 g/mol. The van der Waals surface area contributed by atoms with Gasteiger partial charge in [-0.15, -0.1) is 0 Å². The Hall–Kier alpha value is -3.94. The lowest BCUT2D eigenvalue weighted by Gasteiger charge is -2.36. The van der Waals surface area contributed by atoms with Crippen LogP contribution in [-0.2, 0) is 17.8 Å². The fourth-order valence-corrected chi connectivity index (χ4v) is 3.74. The second kappa shape index (κ2) is 11.0. The maximum Gasteiger partial charge on any atom is 0.273 e. The van der Waals surface area contributed by atoms with Crippen molar-refractivity contribution in [3.63, 3.8) is 0 Å². The zero-order valence-corrected chi connectivity index (χ0v) is 20.6. The number of carbonyl (C=O) groups is 2. The summed E-state index contributed by atoms with van der Waals surface area (Å²) in [6.45, 7) is 7.69. The van der Waals surface area contributed by atoms with E-state index >= 15 is 0 Å². The highest BCUT2D eigenvalue weighted by Gasteiger charge is 2.32. The molecule has 1 aromatic heterocycles. The molecule has 0 fully saturated rings. The lowest BCUT2D eigenvalue weighted by molar-refractivity contribution is -0.385. The molecule has 0 aliphatic rings. The van der Waals surface area contributed by atoms with Gasteiger partial charge in [0, 0.05) is 29.3 Å². The fraction of sp³-hybridized carbons (Fsp3) is 0.333. The minimum absolute atomic E-state index is 0.127. The van der Waals surface area contributed by atoms with Crippen LogP contribution in [-0.4, -0.2) is 45.2 Å². The van der Waals surface area contributed by atoms with Crippen molar-refractivity contribution in [2.45, 2.75) is 46.2 Å². The molecule has 0 aliphatic heterocycles.